The van der Waals surface area contributed by atoms with Gasteiger partial charge in [0.05, 0.1) is 18.4 Å². The number of nitrogens with zero attached hydrogens (tertiary/aromatic N) is 2. The number of aromatic nitrogens is 2. The molecule has 1 aromatic carbocycles. The van der Waals surface area contributed by atoms with E-state index >= 15 is 0 Å². The van der Waals surface area contributed by atoms with Gasteiger partial charge in [-0.1, -0.05) is 15.9 Å². The first-order chi connectivity index (χ1) is 10.7. The van der Waals surface area contributed by atoms with Crippen molar-refractivity contribution in [2.24, 2.45) is 0 Å². The average molecular weight is 363 g/mol. The molecule has 0 N–H and O–H groups in total. The predicted molar refractivity (Wildman–Crippen MR) is 85.8 cm³/mol. The molecular weight excluding hydrogens is 348 g/mol. The minimum atomic E-state index is -0.362. The lowest BCUT2D eigenvalue weighted by Gasteiger charge is -2.01. The number of rotatable bonds is 5. The standard InChI is InChI=1S/C16H15BrN2O3/c1-2-19-10-12(9-18-19)16(20)21-6-5-14-8-11-7-13(17)3-4-15(11)22-14/h3-4,7-10H,2,5-6H2,1H3. The second kappa shape index (κ2) is 6.36. The third kappa shape index (κ3) is 3.22. The number of aryl methyl sites for hydroxylation is 1. The molecule has 6 heteroatoms. The lowest BCUT2D eigenvalue weighted by atomic mass is 10.2. The highest BCUT2D eigenvalue weighted by Crippen LogP contribution is 2.23. The van der Waals surface area contributed by atoms with Crippen molar-refractivity contribution in [2.75, 3.05) is 6.61 Å². The van der Waals surface area contributed by atoms with Crippen LogP contribution in [-0.2, 0) is 17.7 Å². The Balaban J connectivity index is 1.58. The van der Waals surface area contributed by atoms with E-state index in [9.17, 15) is 4.79 Å². The van der Waals surface area contributed by atoms with Gasteiger partial charge in [0, 0.05) is 29.0 Å². The molecule has 0 saturated carbocycles. The van der Waals surface area contributed by atoms with Gasteiger partial charge in [0.2, 0.25) is 0 Å². The quantitative estimate of drug-likeness (QED) is 0.647. The van der Waals surface area contributed by atoms with Crippen LogP contribution >= 0.6 is 15.9 Å². The summed E-state index contributed by atoms with van der Waals surface area (Å²) < 4.78 is 13.6. The minimum Gasteiger partial charge on any atom is -0.462 e. The molecule has 3 rings (SSSR count). The molecule has 2 heterocycles. The topological polar surface area (TPSA) is 57.3 Å². The molecule has 0 aliphatic heterocycles. The maximum atomic E-state index is 11.9. The summed E-state index contributed by atoms with van der Waals surface area (Å²) in [5.41, 5.74) is 1.30. The first-order valence-electron chi connectivity index (χ1n) is 7.03. The number of carbonyl (C=O) groups excluding carboxylic acids is 1. The summed E-state index contributed by atoms with van der Waals surface area (Å²) in [7, 11) is 0. The van der Waals surface area contributed by atoms with Crippen LogP contribution in [0.3, 0.4) is 0 Å². The van der Waals surface area contributed by atoms with Crippen LogP contribution in [0, 0.1) is 0 Å². The minimum absolute atomic E-state index is 0.275. The van der Waals surface area contributed by atoms with Crippen molar-refractivity contribution in [1.82, 2.24) is 9.78 Å². The first kappa shape index (κ1) is 14.8. The number of benzene rings is 1. The van der Waals surface area contributed by atoms with Crippen LogP contribution in [-0.4, -0.2) is 22.4 Å². The van der Waals surface area contributed by atoms with Gasteiger partial charge in [0.15, 0.2) is 0 Å². The number of furan rings is 1. The monoisotopic (exact) mass is 362 g/mol. The Labute approximate surface area is 136 Å². The summed E-state index contributed by atoms with van der Waals surface area (Å²) in [4.78, 5) is 11.9. The molecule has 22 heavy (non-hydrogen) atoms. The molecule has 3 aromatic rings. The first-order valence-corrected chi connectivity index (χ1v) is 7.82. The predicted octanol–water partition coefficient (Wildman–Crippen LogP) is 3.81. The highest BCUT2D eigenvalue weighted by molar-refractivity contribution is 9.10. The van der Waals surface area contributed by atoms with Gasteiger partial charge >= 0.3 is 5.97 Å². The number of halogens is 1. The van der Waals surface area contributed by atoms with Crippen molar-refractivity contribution in [2.45, 2.75) is 19.9 Å². The Bertz CT molecular complexity index is 807. The van der Waals surface area contributed by atoms with E-state index < -0.39 is 0 Å². The smallest absolute Gasteiger partial charge is 0.341 e. The van der Waals surface area contributed by atoms with Crippen LogP contribution in [0.2, 0.25) is 0 Å². The zero-order chi connectivity index (χ0) is 15.5. The largest absolute Gasteiger partial charge is 0.462 e. The van der Waals surface area contributed by atoms with Gasteiger partial charge in [0.25, 0.3) is 0 Å². The van der Waals surface area contributed by atoms with E-state index in [4.69, 9.17) is 9.15 Å². The Morgan fingerprint density at radius 2 is 2.27 bits per heavy atom. The van der Waals surface area contributed by atoms with Crippen LogP contribution in [0.15, 0.2) is 45.5 Å². The number of ether oxygens (including phenoxy) is 1. The van der Waals surface area contributed by atoms with Gasteiger partial charge in [-0.2, -0.15) is 5.10 Å². The van der Waals surface area contributed by atoms with E-state index in [-0.39, 0.29) is 12.6 Å². The van der Waals surface area contributed by atoms with E-state index in [0.29, 0.717) is 12.0 Å². The van der Waals surface area contributed by atoms with Crippen LogP contribution in [0.5, 0.6) is 0 Å². The van der Waals surface area contributed by atoms with Crippen LogP contribution < -0.4 is 0 Å². The zero-order valence-electron chi connectivity index (χ0n) is 12.1. The second-order valence-electron chi connectivity index (χ2n) is 4.87. The summed E-state index contributed by atoms with van der Waals surface area (Å²) >= 11 is 3.43. The molecule has 0 spiro atoms. The summed E-state index contributed by atoms with van der Waals surface area (Å²) in [6.07, 6.45) is 3.74. The van der Waals surface area contributed by atoms with E-state index in [1.807, 2.05) is 31.2 Å². The summed E-state index contributed by atoms with van der Waals surface area (Å²) in [6.45, 7) is 2.96. The number of fused-ring (bicyclic) bond motifs is 1. The van der Waals surface area contributed by atoms with E-state index in [1.165, 1.54) is 6.20 Å². The van der Waals surface area contributed by atoms with Gasteiger partial charge in [-0.25, -0.2) is 4.79 Å². The van der Waals surface area contributed by atoms with Crippen molar-refractivity contribution < 1.29 is 13.9 Å². The lowest BCUT2D eigenvalue weighted by molar-refractivity contribution is 0.0505. The fourth-order valence-electron chi connectivity index (χ4n) is 2.16. The van der Waals surface area contributed by atoms with Gasteiger partial charge in [-0.05, 0) is 31.2 Å². The van der Waals surface area contributed by atoms with Crippen LogP contribution in [0.25, 0.3) is 11.0 Å². The molecule has 0 fully saturated rings. The fourth-order valence-corrected chi connectivity index (χ4v) is 2.54. The molecule has 0 saturated heterocycles. The normalized spacial score (nSPS) is 11.0. The van der Waals surface area contributed by atoms with Gasteiger partial charge in [-0.15, -0.1) is 0 Å². The number of hydrogen-bond acceptors (Lipinski definition) is 4. The summed E-state index contributed by atoms with van der Waals surface area (Å²) in [5, 5.41) is 5.08. The average Bonchev–Trinajstić information content (AvgIpc) is 3.12. The Kier molecular flexibility index (Phi) is 4.29. The molecule has 0 atom stereocenters. The highest BCUT2D eigenvalue weighted by Gasteiger charge is 2.11. The number of carbonyl (C=O) groups is 1. The van der Waals surface area contributed by atoms with Crippen molar-refractivity contribution in [3.05, 3.63) is 52.5 Å². The van der Waals surface area contributed by atoms with Crippen molar-refractivity contribution in [3.8, 4) is 0 Å². The maximum absolute atomic E-state index is 11.9. The van der Waals surface area contributed by atoms with Crippen molar-refractivity contribution in [3.63, 3.8) is 0 Å². The van der Waals surface area contributed by atoms with Crippen molar-refractivity contribution in [1.29, 1.82) is 0 Å². The van der Waals surface area contributed by atoms with Gasteiger partial charge in [0.1, 0.15) is 11.3 Å². The molecule has 0 radical (unpaired) electrons. The SMILES string of the molecule is CCn1cc(C(=O)OCCc2cc3cc(Br)ccc3o2)cn1. The van der Waals surface area contributed by atoms with E-state index in [0.717, 1.165) is 27.7 Å². The Hall–Kier alpha value is -2.08. The molecule has 0 unspecified atom stereocenters. The Morgan fingerprint density at radius 1 is 1.41 bits per heavy atom. The van der Waals surface area contributed by atoms with Gasteiger partial charge < -0.3 is 9.15 Å². The molecule has 0 bridgehead atoms. The lowest BCUT2D eigenvalue weighted by Crippen LogP contribution is -2.07. The number of esters is 1. The summed E-state index contributed by atoms with van der Waals surface area (Å²) in [6, 6.07) is 7.80. The molecular formula is C16H15BrN2O3. The van der Waals surface area contributed by atoms with Crippen molar-refractivity contribution >= 4 is 32.9 Å². The third-order valence-electron chi connectivity index (χ3n) is 3.30. The van der Waals surface area contributed by atoms with E-state index in [1.54, 1.807) is 10.9 Å². The highest BCUT2D eigenvalue weighted by atomic mass is 79.9. The molecule has 5 nitrogen and oxygen atoms in total. The third-order valence-corrected chi connectivity index (χ3v) is 3.80. The van der Waals surface area contributed by atoms with Crippen LogP contribution in [0.1, 0.15) is 23.0 Å². The van der Waals surface area contributed by atoms with Gasteiger partial charge in [-0.3, -0.25) is 4.68 Å². The molecule has 2 aromatic heterocycles. The van der Waals surface area contributed by atoms with Crippen LogP contribution in [0.4, 0.5) is 0 Å². The number of hydrogen-bond donors (Lipinski definition) is 0. The molecule has 114 valence electrons. The summed E-state index contributed by atoms with van der Waals surface area (Å²) in [5.74, 6) is 0.434. The second-order valence-corrected chi connectivity index (χ2v) is 5.78. The molecule has 0 aliphatic rings. The molecule has 0 aliphatic carbocycles. The van der Waals surface area contributed by atoms with E-state index in [2.05, 4.69) is 21.0 Å². The zero-order valence-corrected chi connectivity index (χ0v) is 13.7. The fraction of sp³-hybridized carbons (Fsp3) is 0.250. The maximum Gasteiger partial charge on any atom is 0.341 e. The molecule has 0 amide bonds. The Morgan fingerprint density at radius 3 is 3.05 bits per heavy atom.